The number of carbonyl (C=O) groups excluding carboxylic acids is 1. The van der Waals surface area contributed by atoms with Crippen LogP contribution in [0, 0.1) is 13.8 Å². The number of nitrogens with one attached hydrogen (secondary N) is 1. The van der Waals surface area contributed by atoms with E-state index in [9.17, 15) is 9.90 Å². The lowest BCUT2D eigenvalue weighted by molar-refractivity contribution is 0.0129. The maximum atomic E-state index is 12.3. The number of ether oxygens (including phenoxy) is 1. The van der Waals surface area contributed by atoms with Crippen LogP contribution in [0.2, 0.25) is 5.02 Å². The lowest BCUT2D eigenvalue weighted by atomic mass is 10.1. The van der Waals surface area contributed by atoms with Gasteiger partial charge < -0.3 is 20.1 Å². The summed E-state index contributed by atoms with van der Waals surface area (Å²) in [6, 6.07) is 11.4. The van der Waals surface area contributed by atoms with Gasteiger partial charge >= 0.3 is 6.09 Å². The van der Waals surface area contributed by atoms with Gasteiger partial charge in [-0.15, -0.1) is 0 Å². The van der Waals surface area contributed by atoms with Gasteiger partial charge in [0.25, 0.3) is 0 Å². The number of anilines is 1. The molecule has 43 heavy (non-hydrogen) atoms. The molecule has 11 heteroatoms. The number of rotatable bonds is 10. The summed E-state index contributed by atoms with van der Waals surface area (Å²) in [6.45, 7) is 13.9. The first-order chi connectivity index (χ1) is 20.3. The minimum atomic E-state index is -1.02. The molecule has 2 aromatic carbocycles. The molecule has 4 rings (SSSR count). The van der Waals surface area contributed by atoms with E-state index >= 15 is 0 Å². The minimum Gasteiger partial charge on any atom is -0.444 e. The Morgan fingerprint density at radius 1 is 1.14 bits per heavy atom. The van der Waals surface area contributed by atoms with Crippen molar-refractivity contribution in [3.05, 3.63) is 70.1 Å². The maximum Gasteiger partial charge on any atom is 0.410 e. The van der Waals surface area contributed by atoms with Crippen LogP contribution < -0.4 is 5.32 Å². The second-order valence-corrected chi connectivity index (χ2v) is 12.3. The van der Waals surface area contributed by atoms with E-state index in [1.807, 2.05) is 81.7 Å². The molecule has 1 amide bonds. The molecule has 10 nitrogen and oxygen atoms in total. The molecule has 0 spiro atoms. The van der Waals surface area contributed by atoms with E-state index in [0.717, 1.165) is 34.6 Å². The SMILES string of the molecule is CCn1ncc(CN(C)C(O)c2nc(-c3cc(C)cc(NCCN(C)C(=O)OC(C)(C)C)c3)nc3ccc(Cl)cc23)c1C. The van der Waals surface area contributed by atoms with Crippen LogP contribution in [0.5, 0.6) is 0 Å². The van der Waals surface area contributed by atoms with E-state index in [4.69, 9.17) is 26.3 Å². The molecule has 0 fully saturated rings. The number of aromatic nitrogens is 4. The first-order valence-corrected chi connectivity index (χ1v) is 14.8. The van der Waals surface area contributed by atoms with Crippen LogP contribution >= 0.6 is 11.6 Å². The zero-order valence-electron chi connectivity index (χ0n) is 26.3. The van der Waals surface area contributed by atoms with Crippen molar-refractivity contribution >= 4 is 34.3 Å². The highest BCUT2D eigenvalue weighted by atomic mass is 35.5. The van der Waals surface area contributed by atoms with Crippen molar-refractivity contribution in [1.29, 1.82) is 0 Å². The first-order valence-electron chi connectivity index (χ1n) is 14.4. The van der Waals surface area contributed by atoms with Crippen molar-refractivity contribution in [3.8, 4) is 11.4 Å². The fourth-order valence-electron chi connectivity index (χ4n) is 4.79. The molecule has 0 aliphatic carbocycles. The van der Waals surface area contributed by atoms with Crippen LogP contribution in [0.15, 0.2) is 42.6 Å². The van der Waals surface area contributed by atoms with E-state index in [0.29, 0.717) is 47.1 Å². The van der Waals surface area contributed by atoms with E-state index < -0.39 is 11.8 Å². The fourth-order valence-corrected chi connectivity index (χ4v) is 4.96. The number of fused-ring (bicyclic) bond motifs is 1. The Kier molecular flexibility index (Phi) is 9.94. The third-order valence-corrected chi connectivity index (χ3v) is 7.33. The Labute approximate surface area is 258 Å². The minimum absolute atomic E-state index is 0.366. The lowest BCUT2D eigenvalue weighted by Crippen LogP contribution is -2.36. The maximum absolute atomic E-state index is 12.3. The highest BCUT2D eigenvalue weighted by Crippen LogP contribution is 2.31. The van der Waals surface area contributed by atoms with Crippen LogP contribution in [0.4, 0.5) is 10.5 Å². The molecule has 0 radical (unpaired) electrons. The molecule has 0 saturated heterocycles. The molecule has 1 atom stereocenters. The topological polar surface area (TPSA) is 109 Å². The lowest BCUT2D eigenvalue weighted by Gasteiger charge is -2.25. The second-order valence-electron chi connectivity index (χ2n) is 11.9. The molecule has 4 aromatic rings. The Hall–Kier alpha value is -3.73. The number of halogens is 1. The van der Waals surface area contributed by atoms with E-state index in [1.54, 1.807) is 24.1 Å². The highest BCUT2D eigenvalue weighted by molar-refractivity contribution is 6.31. The zero-order valence-corrected chi connectivity index (χ0v) is 27.0. The van der Waals surface area contributed by atoms with Crippen LogP contribution in [-0.2, 0) is 17.8 Å². The molecule has 0 aliphatic heterocycles. The second kappa shape index (κ2) is 13.3. The summed E-state index contributed by atoms with van der Waals surface area (Å²) in [5.74, 6) is 0.491. The van der Waals surface area contributed by atoms with Crippen LogP contribution in [0.25, 0.3) is 22.3 Å². The summed E-state index contributed by atoms with van der Waals surface area (Å²) in [5.41, 5.74) is 5.39. The van der Waals surface area contributed by atoms with Gasteiger partial charge in [-0.25, -0.2) is 14.8 Å². The van der Waals surface area contributed by atoms with Crippen molar-refractivity contribution < 1.29 is 14.6 Å². The number of aryl methyl sites for hydroxylation is 2. The number of amides is 1. The summed E-state index contributed by atoms with van der Waals surface area (Å²) in [6.07, 6.45) is 0.460. The third-order valence-electron chi connectivity index (χ3n) is 7.09. The van der Waals surface area contributed by atoms with Gasteiger partial charge in [-0.05, 0) is 90.6 Å². The van der Waals surface area contributed by atoms with Crippen molar-refractivity contribution in [2.75, 3.05) is 32.5 Å². The Morgan fingerprint density at radius 3 is 2.56 bits per heavy atom. The van der Waals surface area contributed by atoms with Crippen LogP contribution in [0.3, 0.4) is 0 Å². The van der Waals surface area contributed by atoms with Crippen molar-refractivity contribution in [3.63, 3.8) is 0 Å². The molecule has 0 aliphatic rings. The van der Waals surface area contributed by atoms with Gasteiger partial charge in [-0.2, -0.15) is 5.10 Å². The molecule has 230 valence electrons. The van der Waals surface area contributed by atoms with Gasteiger partial charge in [-0.3, -0.25) is 9.58 Å². The van der Waals surface area contributed by atoms with Crippen LogP contribution in [0.1, 0.15) is 56.4 Å². The van der Waals surface area contributed by atoms with Crippen molar-refractivity contribution in [1.82, 2.24) is 29.5 Å². The zero-order chi connectivity index (χ0) is 31.5. The van der Waals surface area contributed by atoms with Gasteiger partial charge in [0.2, 0.25) is 0 Å². The van der Waals surface area contributed by atoms with Crippen LogP contribution in [-0.4, -0.2) is 73.5 Å². The monoisotopic (exact) mass is 607 g/mol. The molecule has 0 bridgehead atoms. The summed E-state index contributed by atoms with van der Waals surface area (Å²) in [5, 5.41) is 20.6. The molecule has 2 aromatic heterocycles. The van der Waals surface area contributed by atoms with E-state index in [2.05, 4.69) is 17.3 Å². The summed E-state index contributed by atoms with van der Waals surface area (Å²) >= 11 is 6.36. The largest absolute Gasteiger partial charge is 0.444 e. The fraction of sp³-hybridized carbons (Fsp3) is 0.438. The van der Waals surface area contributed by atoms with Gasteiger partial charge in [0, 0.05) is 66.1 Å². The summed E-state index contributed by atoms with van der Waals surface area (Å²) < 4.78 is 7.38. The summed E-state index contributed by atoms with van der Waals surface area (Å²) in [7, 11) is 3.57. The highest BCUT2D eigenvalue weighted by Gasteiger charge is 2.23. The molecule has 2 N–H and O–H groups in total. The van der Waals surface area contributed by atoms with Crippen molar-refractivity contribution in [2.24, 2.45) is 0 Å². The third kappa shape index (κ3) is 8.01. The van der Waals surface area contributed by atoms with Gasteiger partial charge in [0.15, 0.2) is 12.1 Å². The van der Waals surface area contributed by atoms with Gasteiger partial charge in [-0.1, -0.05) is 11.6 Å². The summed E-state index contributed by atoms with van der Waals surface area (Å²) in [4.78, 5) is 25.4. The number of aliphatic hydroxyl groups is 1. The molecular weight excluding hydrogens is 566 g/mol. The van der Waals surface area contributed by atoms with Crippen molar-refractivity contribution in [2.45, 2.75) is 66.5 Å². The molecular formula is C32H42ClN7O3. The molecule has 2 heterocycles. The standard InChI is InChI=1S/C32H42ClN7O3/c1-9-40-21(3)23(18-35-40)19-39(8)30(41)28-26-17-24(33)10-11-27(26)36-29(37-28)22-14-20(2)15-25(16-22)34-12-13-38(7)31(42)43-32(4,5)6/h10-11,14-18,30,34,41H,9,12-13,19H2,1-8H3. The molecule has 1 unspecified atom stereocenters. The first kappa shape index (κ1) is 32.2. The average Bonchev–Trinajstić information content (AvgIpc) is 3.29. The number of aliphatic hydroxyl groups excluding tert-OH is 1. The normalized spacial score (nSPS) is 12.5. The van der Waals surface area contributed by atoms with E-state index in [1.165, 1.54) is 0 Å². The van der Waals surface area contributed by atoms with Gasteiger partial charge in [0.1, 0.15) is 5.60 Å². The predicted octanol–water partition coefficient (Wildman–Crippen LogP) is 6.19. The number of carbonyl (C=O) groups is 1. The Morgan fingerprint density at radius 2 is 1.88 bits per heavy atom. The smallest absolute Gasteiger partial charge is 0.410 e. The number of nitrogens with zero attached hydrogens (tertiary/aromatic N) is 6. The number of hydrogen-bond donors (Lipinski definition) is 2. The van der Waals surface area contributed by atoms with E-state index in [-0.39, 0.29) is 6.09 Å². The van der Waals surface area contributed by atoms with Gasteiger partial charge in [0.05, 0.1) is 17.4 Å². The predicted molar refractivity (Wildman–Crippen MR) is 171 cm³/mol. The quantitative estimate of drug-likeness (QED) is 0.206. The Balaban J connectivity index is 1.60. The number of hydrogen-bond acceptors (Lipinski definition) is 8. The average molecular weight is 608 g/mol. The Bertz CT molecular complexity index is 1600. The number of likely N-dealkylation sites (N-methyl/N-ethyl adjacent to an activating group) is 1. The molecule has 0 saturated carbocycles. The number of benzene rings is 2.